The largest absolute Gasteiger partial charge is 0.284 e. The number of benzene rings is 1. The second kappa shape index (κ2) is 3.75. The van der Waals surface area contributed by atoms with Gasteiger partial charge in [-0.2, -0.15) is 18.2 Å². The summed E-state index contributed by atoms with van der Waals surface area (Å²) in [6.45, 7) is 1.69. The van der Waals surface area contributed by atoms with E-state index in [0.717, 1.165) is 0 Å². The Morgan fingerprint density at radius 3 is 2.56 bits per heavy atom. The summed E-state index contributed by atoms with van der Waals surface area (Å²) in [6.07, 6.45) is 0. The van der Waals surface area contributed by atoms with Crippen LogP contribution in [0.5, 0.6) is 0 Å². The van der Waals surface area contributed by atoms with Crippen molar-refractivity contribution in [3.8, 4) is 0 Å². The third-order valence-electron chi connectivity index (χ3n) is 0.997. The summed E-state index contributed by atoms with van der Waals surface area (Å²) in [5, 5.41) is 0. The number of hydrogen-bond acceptors (Lipinski definition) is 0. The number of hydrogen-bond donors (Lipinski definition) is 0. The monoisotopic (exact) mass is 302 g/mol. The normalized spacial score (nSPS) is 8.22. The Morgan fingerprint density at radius 1 is 1.56 bits per heavy atom. The van der Waals surface area contributed by atoms with E-state index in [1.807, 2.05) is 0 Å². The van der Waals surface area contributed by atoms with Gasteiger partial charge in [0.2, 0.25) is 0 Å². The van der Waals surface area contributed by atoms with E-state index in [1.165, 1.54) is 6.07 Å². The van der Waals surface area contributed by atoms with E-state index >= 15 is 0 Å². The van der Waals surface area contributed by atoms with Crippen molar-refractivity contribution < 1.29 is 24.5 Å². The molecule has 0 nitrogen and oxygen atoms in total. The van der Waals surface area contributed by atoms with E-state index in [-0.39, 0.29) is 25.9 Å². The van der Waals surface area contributed by atoms with Crippen molar-refractivity contribution in [2.45, 2.75) is 6.92 Å². The maximum atomic E-state index is 12.3. The number of aryl methyl sites for hydroxylation is 1. The van der Waals surface area contributed by atoms with Crippen LogP contribution in [0.4, 0.5) is 4.39 Å². The van der Waals surface area contributed by atoms with Gasteiger partial charge in [0, 0.05) is 25.9 Å². The molecule has 0 aliphatic rings. The van der Waals surface area contributed by atoms with Crippen LogP contribution in [0.3, 0.4) is 0 Å². The Morgan fingerprint density at radius 2 is 2.22 bits per heavy atom. The molecule has 1 aromatic carbocycles. The first-order valence-electron chi connectivity index (χ1n) is 2.43. The molecule has 0 spiro atoms. The van der Waals surface area contributed by atoms with Gasteiger partial charge < -0.3 is 0 Å². The Balaban J connectivity index is 0.000000640. The standard InChI is InChI=1S/C7H6F.Ir/c1-6-4-2-3-5-7(6)8;/h2-3,5H,1H3;/q-1;. The first-order valence-corrected chi connectivity index (χ1v) is 2.43. The fourth-order valence-corrected chi connectivity index (χ4v) is 0.500. The average Bonchev–Trinajstić information content (AvgIpc) is 1.77. The molecule has 1 radical (unpaired) electrons. The molecule has 1 rings (SSSR count). The van der Waals surface area contributed by atoms with Crippen molar-refractivity contribution >= 4 is 0 Å². The molecule has 0 amide bonds. The first kappa shape index (κ1) is 8.80. The zero-order valence-corrected chi connectivity index (χ0v) is 7.34. The molecule has 9 heavy (non-hydrogen) atoms. The summed E-state index contributed by atoms with van der Waals surface area (Å²) in [5.74, 6) is -0.187. The zero-order chi connectivity index (χ0) is 5.98. The van der Waals surface area contributed by atoms with Gasteiger partial charge in [-0.25, -0.2) is 0 Å². The van der Waals surface area contributed by atoms with E-state index in [1.54, 1.807) is 19.1 Å². The molecule has 0 aromatic heterocycles. The van der Waals surface area contributed by atoms with Gasteiger partial charge in [0.25, 0.3) is 0 Å². The van der Waals surface area contributed by atoms with Gasteiger partial charge in [0.05, 0.1) is 0 Å². The van der Waals surface area contributed by atoms with Gasteiger partial charge in [-0.15, -0.1) is 11.6 Å². The topological polar surface area (TPSA) is 0 Å². The second-order valence-corrected chi connectivity index (χ2v) is 1.64. The van der Waals surface area contributed by atoms with Crippen molar-refractivity contribution in [1.82, 2.24) is 0 Å². The van der Waals surface area contributed by atoms with E-state index in [0.29, 0.717) is 5.56 Å². The summed E-state index contributed by atoms with van der Waals surface area (Å²) in [6, 6.07) is 7.47. The molecule has 0 atom stereocenters. The Kier molecular flexibility index (Phi) is 3.67. The number of halogens is 1. The molecule has 51 valence electrons. The van der Waals surface area contributed by atoms with Crippen molar-refractivity contribution in [2.24, 2.45) is 0 Å². The molecule has 0 heterocycles. The molecule has 2 heteroatoms. The van der Waals surface area contributed by atoms with Crippen LogP contribution in [0.2, 0.25) is 0 Å². The molecule has 0 N–H and O–H groups in total. The molecule has 0 aliphatic heterocycles. The molecular weight excluding hydrogens is 295 g/mol. The van der Waals surface area contributed by atoms with Crippen molar-refractivity contribution in [2.75, 3.05) is 0 Å². The van der Waals surface area contributed by atoms with Crippen molar-refractivity contribution in [3.63, 3.8) is 0 Å². The van der Waals surface area contributed by atoms with Gasteiger partial charge in [0.15, 0.2) is 0 Å². The average molecular weight is 301 g/mol. The minimum Gasteiger partial charge on any atom is -0.284 e. The molecule has 0 unspecified atom stereocenters. The second-order valence-electron chi connectivity index (χ2n) is 1.64. The Hall–Kier alpha value is -0.201. The van der Waals surface area contributed by atoms with Gasteiger partial charge in [0.1, 0.15) is 0 Å². The van der Waals surface area contributed by atoms with E-state index in [4.69, 9.17) is 0 Å². The van der Waals surface area contributed by atoms with Crippen LogP contribution in [-0.2, 0) is 20.1 Å². The molecular formula is C7H6FIr-. The summed E-state index contributed by atoms with van der Waals surface area (Å²) >= 11 is 0. The van der Waals surface area contributed by atoms with Crippen LogP contribution in [0, 0.1) is 18.8 Å². The molecule has 0 saturated carbocycles. The van der Waals surface area contributed by atoms with Crippen LogP contribution in [0.1, 0.15) is 5.56 Å². The smallest absolute Gasteiger partial charge is 0.0116 e. The molecule has 1 aromatic rings. The predicted molar refractivity (Wildman–Crippen MR) is 30.0 cm³/mol. The van der Waals surface area contributed by atoms with Crippen LogP contribution in [0.15, 0.2) is 18.2 Å². The van der Waals surface area contributed by atoms with Crippen LogP contribution in [-0.4, -0.2) is 0 Å². The van der Waals surface area contributed by atoms with Gasteiger partial charge >= 0.3 is 0 Å². The van der Waals surface area contributed by atoms with Gasteiger partial charge in [-0.3, -0.25) is 4.39 Å². The van der Waals surface area contributed by atoms with E-state index in [2.05, 4.69) is 6.07 Å². The van der Waals surface area contributed by atoms with Crippen LogP contribution < -0.4 is 0 Å². The zero-order valence-electron chi connectivity index (χ0n) is 4.94. The van der Waals surface area contributed by atoms with Crippen molar-refractivity contribution in [3.05, 3.63) is 35.6 Å². The maximum Gasteiger partial charge on any atom is 0.0116 e. The fourth-order valence-electron chi connectivity index (χ4n) is 0.500. The van der Waals surface area contributed by atoms with Crippen LogP contribution in [0.25, 0.3) is 0 Å². The minimum atomic E-state index is -0.187. The fraction of sp³-hybridized carbons (Fsp3) is 0.143. The first-order chi connectivity index (χ1) is 3.80. The molecule has 0 saturated heterocycles. The summed E-state index contributed by atoms with van der Waals surface area (Å²) in [5.41, 5.74) is 0.576. The Labute approximate surface area is 67.4 Å². The Bertz CT molecular complexity index is 165. The quantitative estimate of drug-likeness (QED) is 0.642. The maximum absolute atomic E-state index is 12.3. The number of rotatable bonds is 0. The van der Waals surface area contributed by atoms with E-state index in [9.17, 15) is 4.39 Å². The molecule has 0 fully saturated rings. The summed E-state index contributed by atoms with van der Waals surface area (Å²) < 4.78 is 12.3. The SMILES string of the molecule is Cc1[c-]cccc1F.[Ir]. The third kappa shape index (κ3) is 2.25. The summed E-state index contributed by atoms with van der Waals surface area (Å²) in [7, 11) is 0. The van der Waals surface area contributed by atoms with Gasteiger partial charge in [-0.05, 0) is 0 Å². The molecule has 0 aliphatic carbocycles. The third-order valence-corrected chi connectivity index (χ3v) is 0.997. The molecule has 0 bridgehead atoms. The van der Waals surface area contributed by atoms with Crippen LogP contribution >= 0.6 is 0 Å². The summed E-state index contributed by atoms with van der Waals surface area (Å²) in [4.78, 5) is 0. The van der Waals surface area contributed by atoms with Gasteiger partial charge in [-0.1, -0.05) is 6.92 Å². The van der Waals surface area contributed by atoms with Crippen molar-refractivity contribution in [1.29, 1.82) is 0 Å². The van der Waals surface area contributed by atoms with E-state index < -0.39 is 0 Å². The predicted octanol–water partition coefficient (Wildman–Crippen LogP) is 1.93. The minimum absolute atomic E-state index is 0.